The fraction of sp³-hybridized carbons (Fsp3) is 0.105. The largest absolute Gasteiger partial charge is 0.465 e. The number of aromatic nitrogens is 3. The number of nitro groups is 1. The van der Waals surface area contributed by atoms with Gasteiger partial charge < -0.3 is 4.74 Å². The Morgan fingerprint density at radius 2 is 1.89 bits per heavy atom. The van der Waals surface area contributed by atoms with Crippen LogP contribution in [0.25, 0.3) is 11.6 Å². The zero-order valence-electron chi connectivity index (χ0n) is 14.5. The summed E-state index contributed by atoms with van der Waals surface area (Å²) in [6.07, 6.45) is 3.32. The van der Waals surface area contributed by atoms with E-state index in [-0.39, 0.29) is 5.69 Å². The molecule has 1 aromatic heterocycles. The molecular formula is C19H16N4O4. The molecule has 8 nitrogen and oxygen atoms in total. The molecule has 0 saturated heterocycles. The van der Waals surface area contributed by atoms with Crippen LogP contribution in [0.5, 0.6) is 0 Å². The van der Waals surface area contributed by atoms with Crippen molar-refractivity contribution in [1.29, 1.82) is 0 Å². The van der Waals surface area contributed by atoms with Crippen molar-refractivity contribution in [2.75, 3.05) is 7.11 Å². The van der Waals surface area contributed by atoms with Crippen molar-refractivity contribution in [2.45, 2.75) is 6.54 Å². The Morgan fingerprint density at radius 1 is 1.19 bits per heavy atom. The molecular weight excluding hydrogens is 348 g/mol. The number of methoxy groups -OCH3 is 1. The van der Waals surface area contributed by atoms with Gasteiger partial charge in [0.25, 0.3) is 5.69 Å². The molecule has 0 spiro atoms. The second kappa shape index (κ2) is 8.05. The van der Waals surface area contributed by atoms with Crippen molar-refractivity contribution in [3.05, 3.63) is 87.7 Å². The van der Waals surface area contributed by atoms with E-state index in [1.54, 1.807) is 29.1 Å². The highest BCUT2D eigenvalue weighted by molar-refractivity contribution is 6.20. The molecule has 0 N–H and O–H groups in total. The van der Waals surface area contributed by atoms with Gasteiger partial charge in [0.05, 0.1) is 30.3 Å². The minimum absolute atomic E-state index is 0.0248. The summed E-state index contributed by atoms with van der Waals surface area (Å²) in [4.78, 5) is 22.4. The average Bonchev–Trinajstić information content (AvgIpc) is 3.15. The van der Waals surface area contributed by atoms with Gasteiger partial charge in [-0.1, -0.05) is 47.7 Å². The number of ether oxygens (including phenoxy) is 1. The number of benzene rings is 2. The van der Waals surface area contributed by atoms with Gasteiger partial charge in [-0.3, -0.25) is 10.1 Å². The molecule has 136 valence electrons. The van der Waals surface area contributed by atoms with Crippen molar-refractivity contribution in [1.82, 2.24) is 15.0 Å². The lowest BCUT2D eigenvalue weighted by Gasteiger charge is -2.02. The van der Waals surface area contributed by atoms with E-state index in [9.17, 15) is 14.9 Å². The van der Waals surface area contributed by atoms with Gasteiger partial charge in [0.1, 0.15) is 5.69 Å². The molecule has 27 heavy (non-hydrogen) atoms. The van der Waals surface area contributed by atoms with E-state index in [1.165, 1.54) is 19.2 Å². The highest BCUT2D eigenvalue weighted by atomic mass is 16.6. The van der Waals surface area contributed by atoms with Gasteiger partial charge in [0, 0.05) is 12.1 Å². The van der Waals surface area contributed by atoms with Crippen LogP contribution in [-0.2, 0) is 16.1 Å². The Labute approximate surface area is 154 Å². The molecule has 0 radical (unpaired) electrons. The minimum Gasteiger partial charge on any atom is -0.465 e. The lowest BCUT2D eigenvalue weighted by molar-refractivity contribution is -0.384. The first-order valence-electron chi connectivity index (χ1n) is 8.05. The zero-order valence-corrected chi connectivity index (χ0v) is 14.5. The van der Waals surface area contributed by atoms with Crippen LogP contribution < -0.4 is 0 Å². The Balaban J connectivity index is 1.84. The number of carbonyl (C=O) groups excluding carboxylic acids is 1. The third-order valence-electron chi connectivity index (χ3n) is 3.82. The second-order valence-corrected chi connectivity index (χ2v) is 5.69. The predicted molar refractivity (Wildman–Crippen MR) is 98.5 cm³/mol. The van der Waals surface area contributed by atoms with Crippen LogP contribution in [-0.4, -0.2) is 33.0 Å². The lowest BCUT2D eigenvalue weighted by atomic mass is 10.1. The van der Waals surface area contributed by atoms with E-state index in [4.69, 9.17) is 4.74 Å². The zero-order chi connectivity index (χ0) is 19.2. The normalized spacial score (nSPS) is 11.2. The number of non-ortho nitro benzene ring substituents is 1. The van der Waals surface area contributed by atoms with E-state index >= 15 is 0 Å². The summed E-state index contributed by atoms with van der Waals surface area (Å²) in [5, 5.41) is 18.8. The van der Waals surface area contributed by atoms with E-state index < -0.39 is 10.9 Å². The first-order chi connectivity index (χ1) is 13.1. The summed E-state index contributed by atoms with van der Waals surface area (Å²) in [7, 11) is 1.31. The highest BCUT2D eigenvalue weighted by Gasteiger charge is 2.16. The van der Waals surface area contributed by atoms with Crippen molar-refractivity contribution >= 4 is 23.3 Å². The second-order valence-electron chi connectivity index (χ2n) is 5.69. The molecule has 1 heterocycles. The molecule has 0 aliphatic carbocycles. The van der Waals surface area contributed by atoms with Gasteiger partial charge in [-0.15, -0.1) is 5.10 Å². The molecule has 0 atom stereocenters. The maximum absolute atomic E-state index is 12.2. The Bertz CT molecular complexity index is 978. The van der Waals surface area contributed by atoms with Gasteiger partial charge in [0.15, 0.2) is 0 Å². The third-order valence-corrected chi connectivity index (χ3v) is 3.82. The number of hydrogen-bond acceptors (Lipinski definition) is 6. The van der Waals surface area contributed by atoms with E-state index in [0.717, 1.165) is 11.1 Å². The Morgan fingerprint density at radius 3 is 2.52 bits per heavy atom. The van der Waals surface area contributed by atoms with Crippen molar-refractivity contribution in [3.8, 4) is 0 Å². The third kappa shape index (κ3) is 4.43. The SMILES string of the molecule is COC(=O)C(=Cc1ccccc1)c1cn(Cc2ccc([N+](=O)[O-])cc2)nn1. The highest BCUT2D eigenvalue weighted by Crippen LogP contribution is 2.18. The number of carbonyl (C=O) groups is 1. The summed E-state index contributed by atoms with van der Waals surface area (Å²) >= 11 is 0. The van der Waals surface area contributed by atoms with Crippen molar-refractivity contribution in [2.24, 2.45) is 0 Å². The van der Waals surface area contributed by atoms with Crippen molar-refractivity contribution in [3.63, 3.8) is 0 Å². The molecule has 0 fully saturated rings. The number of hydrogen-bond donors (Lipinski definition) is 0. The Hall–Kier alpha value is -3.81. The minimum atomic E-state index is -0.513. The molecule has 8 heteroatoms. The molecule has 3 aromatic rings. The van der Waals surface area contributed by atoms with Crippen LogP contribution in [0.4, 0.5) is 5.69 Å². The maximum atomic E-state index is 12.2. The van der Waals surface area contributed by atoms with Gasteiger partial charge in [-0.25, -0.2) is 9.48 Å². The fourth-order valence-electron chi connectivity index (χ4n) is 2.47. The molecule has 3 rings (SSSR count). The van der Waals surface area contributed by atoms with E-state index in [0.29, 0.717) is 17.8 Å². The summed E-state index contributed by atoms with van der Waals surface area (Å²) in [6, 6.07) is 15.5. The summed E-state index contributed by atoms with van der Waals surface area (Å²) in [5.41, 5.74) is 2.36. The van der Waals surface area contributed by atoms with Crippen LogP contribution in [0.1, 0.15) is 16.8 Å². The average molecular weight is 364 g/mol. The van der Waals surface area contributed by atoms with Crippen LogP contribution >= 0.6 is 0 Å². The topological polar surface area (TPSA) is 100 Å². The molecule has 2 aromatic carbocycles. The van der Waals surface area contributed by atoms with Crippen LogP contribution in [0.15, 0.2) is 60.8 Å². The maximum Gasteiger partial charge on any atom is 0.340 e. The monoisotopic (exact) mass is 364 g/mol. The molecule has 0 bridgehead atoms. The molecule has 0 amide bonds. The molecule has 0 saturated carbocycles. The number of nitro benzene ring substituents is 1. The number of nitrogens with zero attached hydrogens (tertiary/aromatic N) is 4. The summed E-state index contributed by atoms with van der Waals surface area (Å²) in [6.45, 7) is 0.366. The van der Waals surface area contributed by atoms with Crippen LogP contribution in [0.3, 0.4) is 0 Å². The standard InChI is InChI=1S/C19H16N4O4/c1-27-19(24)17(11-14-5-3-2-4-6-14)18-13-22(21-20-18)12-15-7-9-16(10-8-15)23(25)26/h2-11,13H,12H2,1H3. The molecule has 0 aliphatic rings. The molecule has 0 unspecified atom stereocenters. The van der Waals surface area contributed by atoms with Gasteiger partial charge in [0.2, 0.25) is 0 Å². The van der Waals surface area contributed by atoms with Crippen LogP contribution in [0, 0.1) is 10.1 Å². The lowest BCUT2D eigenvalue weighted by Crippen LogP contribution is -2.04. The number of rotatable bonds is 6. The van der Waals surface area contributed by atoms with Crippen LogP contribution in [0.2, 0.25) is 0 Å². The fourth-order valence-corrected chi connectivity index (χ4v) is 2.47. The Kier molecular flexibility index (Phi) is 5.36. The summed E-state index contributed by atoms with van der Waals surface area (Å²) in [5.74, 6) is -0.513. The molecule has 0 aliphatic heterocycles. The predicted octanol–water partition coefficient (Wildman–Crippen LogP) is 2.95. The number of esters is 1. The van der Waals surface area contributed by atoms with Gasteiger partial charge in [-0.2, -0.15) is 0 Å². The summed E-state index contributed by atoms with van der Waals surface area (Å²) < 4.78 is 6.41. The van der Waals surface area contributed by atoms with Crippen molar-refractivity contribution < 1.29 is 14.5 Å². The van der Waals surface area contributed by atoms with Gasteiger partial charge >= 0.3 is 5.97 Å². The van der Waals surface area contributed by atoms with Gasteiger partial charge in [-0.05, 0) is 17.2 Å². The smallest absolute Gasteiger partial charge is 0.340 e. The quantitative estimate of drug-likeness (QED) is 0.288. The first kappa shape index (κ1) is 18.0. The first-order valence-corrected chi connectivity index (χ1v) is 8.05. The van der Waals surface area contributed by atoms with E-state index in [1.807, 2.05) is 30.3 Å². The van der Waals surface area contributed by atoms with E-state index in [2.05, 4.69) is 10.3 Å².